The number of nitrogens with zero attached hydrogens (tertiary/aromatic N) is 1. The normalized spacial score (nSPS) is 11.3. The lowest BCUT2D eigenvalue weighted by atomic mass is 10.0. The highest BCUT2D eigenvalue weighted by Crippen LogP contribution is 2.17. The minimum atomic E-state index is -1.14. The minimum absolute atomic E-state index is 0.356. The van der Waals surface area contributed by atoms with Gasteiger partial charge in [0.25, 0.3) is 0 Å². The van der Waals surface area contributed by atoms with Gasteiger partial charge >= 0.3 is 0 Å². The molecule has 0 aromatic heterocycles. The van der Waals surface area contributed by atoms with E-state index in [2.05, 4.69) is 15.9 Å². The molecule has 0 bridgehead atoms. The second-order valence-corrected chi connectivity index (χ2v) is 5.53. The van der Waals surface area contributed by atoms with Gasteiger partial charge in [-0.25, -0.2) is 0 Å². The number of hydrogen-bond donors (Lipinski definition) is 0. The molecule has 0 radical (unpaired) electrons. The van der Waals surface area contributed by atoms with Gasteiger partial charge in [-0.2, -0.15) is 0 Å². The number of halogens is 1. The molecule has 0 N–H and O–H groups in total. The molecule has 1 amide bonds. The zero-order valence-electron chi connectivity index (χ0n) is 10.4. The van der Waals surface area contributed by atoms with E-state index in [1.165, 1.54) is 10.5 Å². The van der Waals surface area contributed by atoms with E-state index in [1.54, 1.807) is 0 Å². The molecule has 17 heavy (non-hydrogen) atoms. The highest BCUT2D eigenvalue weighted by Gasteiger charge is 2.21. The van der Waals surface area contributed by atoms with E-state index in [0.29, 0.717) is 6.54 Å². The highest BCUT2D eigenvalue weighted by atomic mass is 79.9. The van der Waals surface area contributed by atoms with E-state index >= 15 is 0 Å². The Kier molecular flexibility index (Phi) is 4.57. The van der Waals surface area contributed by atoms with Crippen molar-refractivity contribution in [3.63, 3.8) is 0 Å². The van der Waals surface area contributed by atoms with Crippen molar-refractivity contribution >= 4 is 22.0 Å². The van der Waals surface area contributed by atoms with Crippen molar-refractivity contribution in [1.29, 1.82) is 0 Å². The lowest BCUT2D eigenvalue weighted by Crippen LogP contribution is -2.50. The molecule has 0 unspecified atom stereocenters. The van der Waals surface area contributed by atoms with Gasteiger partial charge in [0.2, 0.25) is 0 Å². The van der Waals surface area contributed by atoms with Crippen LogP contribution in [-0.4, -0.2) is 16.5 Å². The van der Waals surface area contributed by atoms with Gasteiger partial charge in [0.1, 0.15) is 6.09 Å². The maximum atomic E-state index is 11.1. The summed E-state index contributed by atoms with van der Waals surface area (Å²) >= 11 is 3.37. The molecule has 0 aliphatic heterocycles. The van der Waals surface area contributed by atoms with Crippen LogP contribution >= 0.6 is 15.9 Å². The molecule has 0 fully saturated rings. The SMILES string of the molecule is CC(C)(C)N(Cc1ccc(CBr)cc1)C(=O)[O-]. The number of rotatable bonds is 3. The average Bonchev–Trinajstić information content (AvgIpc) is 2.24. The quantitative estimate of drug-likeness (QED) is 0.805. The monoisotopic (exact) mass is 298 g/mol. The fourth-order valence-corrected chi connectivity index (χ4v) is 1.87. The fourth-order valence-electron chi connectivity index (χ4n) is 1.49. The van der Waals surface area contributed by atoms with Crippen LogP contribution in [-0.2, 0) is 11.9 Å². The van der Waals surface area contributed by atoms with Crippen molar-refractivity contribution in [3.8, 4) is 0 Å². The van der Waals surface area contributed by atoms with Gasteiger partial charge in [-0.1, -0.05) is 40.2 Å². The van der Waals surface area contributed by atoms with E-state index in [1.807, 2.05) is 45.0 Å². The Balaban J connectivity index is 2.83. The first-order valence-electron chi connectivity index (χ1n) is 5.47. The van der Waals surface area contributed by atoms with E-state index in [4.69, 9.17) is 0 Å². The Morgan fingerprint density at radius 3 is 2.06 bits per heavy atom. The largest absolute Gasteiger partial charge is 0.530 e. The second-order valence-electron chi connectivity index (χ2n) is 4.97. The van der Waals surface area contributed by atoms with Crippen LogP contribution in [0.2, 0.25) is 0 Å². The number of benzene rings is 1. The lowest BCUT2D eigenvalue weighted by molar-refractivity contribution is -0.271. The summed E-state index contributed by atoms with van der Waals surface area (Å²) < 4.78 is 0. The van der Waals surface area contributed by atoms with Crippen LogP contribution in [0.3, 0.4) is 0 Å². The summed E-state index contributed by atoms with van der Waals surface area (Å²) in [5.74, 6) is 0. The predicted molar refractivity (Wildman–Crippen MR) is 69.8 cm³/mol. The summed E-state index contributed by atoms with van der Waals surface area (Å²) in [7, 11) is 0. The molecule has 1 rings (SSSR count). The maximum absolute atomic E-state index is 11.1. The standard InChI is InChI=1S/C13H18BrNO2/c1-13(2,3)15(12(16)17)9-11-6-4-10(8-14)5-7-11/h4-7H,8-9H2,1-3H3,(H,16,17)/p-1. The van der Waals surface area contributed by atoms with Crippen LogP contribution in [0, 0.1) is 0 Å². The third kappa shape index (κ3) is 4.04. The van der Waals surface area contributed by atoms with Gasteiger partial charge in [0, 0.05) is 17.4 Å². The molecule has 3 nitrogen and oxygen atoms in total. The van der Waals surface area contributed by atoms with Crippen LogP contribution < -0.4 is 5.11 Å². The Labute approximate surface area is 111 Å². The van der Waals surface area contributed by atoms with Crippen LogP contribution in [0.4, 0.5) is 4.79 Å². The highest BCUT2D eigenvalue weighted by molar-refractivity contribution is 9.08. The molecule has 94 valence electrons. The number of hydrogen-bond acceptors (Lipinski definition) is 2. The summed E-state index contributed by atoms with van der Waals surface area (Å²) in [4.78, 5) is 12.4. The number of carbonyl (C=O) groups is 1. The zero-order valence-corrected chi connectivity index (χ0v) is 12.0. The van der Waals surface area contributed by atoms with Crippen molar-refractivity contribution < 1.29 is 9.90 Å². The van der Waals surface area contributed by atoms with Crippen molar-refractivity contribution in [2.45, 2.75) is 38.2 Å². The summed E-state index contributed by atoms with van der Waals surface area (Å²) in [6.45, 7) is 5.93. The van der Waals surface area contributed by atoms with Gasteiger partial charge < -0.3 is 14.8 Å². The van der Waals surface area contributed by atoms with E-state index in [0.717, 1.165) is 10.9 Å². The Morgan fingerprint density at radius 1 is 1.24 bits per heavy atom. The van der Waals surface area contributed by atoms with Gasteiger partial charge in [-0.3, -0.25) is 0 Å². The smallest absolute Gasteiger partial charge is 0.137 e. The molecule has 1 aromatic carbocycles. The molecule has 4 heteroatoms. The molecular formula is C13H17BrNO2-. The van der Waals surface area contributed by atoms with Crippen molar-refractivity contribution in [1.82, 2.24) is 4.90 Å². The summed E-state index contributed by atoms with van der Waals surface area (Å²) in [6.07, 6.45) is -1.14. The number of carbonyl (C=O) groups excluding carboxylic acids is 1. The van der Waals surface area contributed by atoms with Gasteiger partial charge in [-0.15, -0.1) is 0 Å². The van der Waals surface area contributed by atoms with Crippen LogP contribution in [0.1, 0.15) is 31.9 Å². The maximum Gasteiger partial charge on any atom is 0.137 e. The molecule has 0 saturated heterocycles. The molecule has 0 atom stereocenters. The van der Waals surface area contributed by atoms with E-state index in [9.17, 15) is 9.90 Å². The topological polar surface area (TPSA) is 43.4 Å². The van der Waals surface area contributed by atoms with Gasteiger partial charge in [0.05, 0.1) is 0 Å². The van der Waals surface area contributed by atoms with E-state index in [-0.39, 0.29) is 0 Å². The number of carboxylic acid groups (broad SMARTS) is 1. The minimum Gasteiger partial charge on any atom is -0.530 e. The summed E-state index contributed by atoms with van der Waals surface area (Å²) in [5.41, 5.74) is 1.69. The van der Waals surface area contributed by atoms with E-state index < -0.39 is 11.6 Å². The van der Waals surface area contributed by atoms with Crippen molar-refractivity contribution in [2.75, 3.05) is 0 Å². The molecule has 1 aromatic rings. The number of amides is 1. The van der Waals surface area contributed by atoms with Crippen LogP contribution in [0.25, 0.3) is 0 Å². The first-order chi connectivity index (χ1) is 7.84. The van der Waals surface area contributed by atoms with Crippen LogP contribution in [0.15, 0.2) is 24.3 Å². The van der Waals surface area contributed by atoms with Gasteiger partial charge in [0.15, 0.2) is 0 Å². The first-order valence-corrected chi connectivity index (χ1v) is 6.59. The molecule has 0 spiro atoms. The molecule has 0 saturated carbocycles. The van der Waals surface area contributed by atoms with Crippen LogP contribution in [0.5, 0.6) is 0 Å². The second kappa shape index (κ2) is 5.54. The Morgan fingerprint density at radius 2 is 1.71 bits per heavy atom. The molecule has 0 heterocycles. The average molecular weight is 299 g/mol. The fraction of sp³-hybridized carbons (Fsp3) is 0.462. The van der Waals surface area contributed by atoms with Gasteiger partial charge in [-0.05, 0) is 31.9 Å². The summed E-state index contributed by atoms with van der Waals surface area (Å²) in [6, 6.07) is 7.86. The third-order valence-electron chi connectivity index (χ3n) is 2.55. The summed E-state index contributed by atoms with van der Waals surface area (Å²) in [5, 5.41) is 11.9. The predicted octanol–water partition coefficient (Wildman–Crippen LogP) is 2.53. The first kappa shape index (κ1) is 14.0. The molecular weight excluding hydrogens is 282 g/mol. The Bertz CT molecular complexity index is 381. The molecule has 0 aliphatic carbocycles. The molecule has 0 aliphatic rings. The third-order valence-corrected chi connectivity index (χ3v) is 3.20. The van der Waals surface area contributed by atoms with Crippen molar-refractivity contribution in [3.05, 3.63) is 35.4 Å². The number of alkyl halides is 1. The Hall–Kier alpha value is -1.03. The van der Waals surface area contributed by atoms with Crippen molar-refractivity contribution in [2.24, 2.45) is 0 Å². The zero-order chi connectivity index (χ0) is 13.1. The lowest BCUT2D eigenvalue weighted by Gasteiger charge is -2.38.